The fourth-order valence-corrected chi connectivity index (χ4v) is 3.17. The second-order valence-electron chi connectivity index (χ2n) is 6.80. The summed E-state index contributed by atoms with van der Waals surface area (Å²) in [7, 11) is 3.42. The van der Waals surface area contributed by atoms with Gasteiger partial charge in [0.1, 0.15) is 12.4 Å². The minimum atomic E-state index is 0.00538. The molecule has 0 saturated carbocycles. The van der Waals surface area contributed by atoms with Crippen molar-refractivity contribution in [2.24, 2.45) is 0 Å². The van der Waals surface area contributed by atoms with Crippen molar-refractivity contribution in [1.29, 1.82) is 0 Å². The van der Waals surface area contributed by atoms with Gasteiger partial charge in [-0.2, -0.15) is 0 Å². The van der Waals surface area contributed by atoms with E-state index in [9.17, 15) is 4.79 Å². The van der Waals surface area contributed by atoms with Crippen LogP contribution >= 0.6 is 0 Å². The number of carbonyl (C=O) groups is 1. The number of nitrogens with zero attached hydrogens (tertiary/aromatic N) is 3. The van der Waals surface area contributed by atoms with Gasteiger partial charge in [-0.1, -0.05) is 30.4 Å². The Bertz CT molecular complexity index is 1020. The van der Waals surface area contributed by atoms with Crippen LogP contribution in [0.5, 0.6) is 11.5 Å². The van der Waals surface area contributed by atoms with E-state index in [1.54, 1.807) is 26.0 Å². The van der Waals surface area contributed by atoms with Crippen molar-refractivity contribution in [3.63, 3.8) is 0 Å². The molecule has 0 radical (unpaired) electrons. The lowest BCUT2D eigenvalue weighted by atomic mass is 10.2. The molecule has 1 heterocycles. The summed E-state index contributed by atoms with van der Waals surface area (Å²) in [6.45, 7) is 5.05. The number of para-hydroxylation sites is 2. The molecule has 0 unspecified atom stereocenters. The van der Waals surface area contributed by atoms with Crippen molar-refractivity contribution >= 4 is 23.0 Å². The van der Waals surface area contributed by atoms with Gasteiger partial charge in [0.15, 0.2) is 11.5 Å². The molecule has 0 aliphatic carbocycles. The predicted molar refractivity (Wildman–Crippen MR) is 115 cm³/mol. The lowest BCUT2D eigenvalue weighted by Crippen LogP contribution is -2.25. The molecule has 6 nitrogen and oxygen atoms in total. The van der Waals surface area contributed by atoms with Crippen molar-refractivity contribution in [3.8, 4) is 11.5 Å². The summed E-state index contributed by atoms with van der Waals surface area (Å²) >= 11 is 0. The number of benzene rings is 2. The van der Waals surface area contributed by atoms with Crippen molar-refractivity contribution in [3.05, 3.63) is 59.9 Å². The number of ether oxygens (including phenoxy) is 2. The number of amides is 1. The SMILES string of the molecule is CC=Cc1ccc(OCCn2c(CN(C)C(C)=O)nc3ccccc32)c(OC)c1. The summed E-state index contributed by atoms with van der Waals surface area (Å²) in [5.74, 6) is 2.24. The number of imidazole rings is 1. The highest BCUT2D eigenvalue weighted by Gasteiger charge is 2.14. The highest BCUT2D eigenvalue weighted by atomic mass is 16.5. The van der Waals surface area contributed by atoms with E-state index >= 15 is 0 Å². The van der Waals surface area contributed by atoms with Crippen LogP contribution in [0.3, 0.4) is 0 Å². The quantitative estimate of drug-likeness (QED) is 0.577. The Kier molecular flexibility index (Phi) is 6.54. The van der Waals surface area contributed by atoms with Crippen LogP contribution in [0.1, 0.15) is 25.2 Å². The van der Waals surface area contributed by atoms with Crippen molar-refractivity contribution in [2.75, 3.05) is 20.8 Å². The summed E-state index contributed by atoms with van der Waals surface area (Å²) in [5.41, 5.74) is 3.00. The Morgan fingerprint density at radius 1 is 1.21 bits per heavy atom. The minimum absolute atomic E-state index is 0.00538. The van der Waals surface area contributed by atoms with Gasteiger partial charge in [0, 0.05) is 14.0 Å². The molecule has 0 atom stereocenters. The molecule has 3 rings (SSSR count). The molecule has 6 heteroatoms. The van der Waals surface area contributed by atoms with Crippen LogP contribution < -0.4 is 9.47 Å². The molecule has 0 aliphatic rings. The number of carbonyl (C=O) groups excluding carboxylic acids is 1. The molecule has 0 bridgehead atoms. The van der Waals surface area contributed by atoms with Gasteiger partial charge in [-0.3, -0.25) is 4.79 Å². The second-order valence-corrected chi connectivity index (χ2v) is 6.80. The molecule has 0 aliphatic heterocycles. The Hall–Kier alpha value is -3.28. The fourth-order valence-electron chi connectivity index (χ4n) is 3.17. The number of fused-ring (bicyclic) bond motifs is 1. The van der Waals surface area contributed by atoms with E-state index in [0.717, 1.165) is 22.4 Å². The smallest absolute Gasteiger partial charge is 0.219 e. The van der Waals surface area contributed by atoms with Crippen LogP contribution in [-0.2, 0) is 17.9 Å². The van der Waals surface area contributed by atoms with Gasteiger partial charge in [-0.05, 0) is 36.8 Å². The van der Waals surface area contributed by atoms with Gasteiger partial charge in [-0.15, -0.1) is 0 Å². The predicted octanol–water partition coefficient (Wildman–Crippen LogP) is 4.14. The topological polar surface area (TPSA) is 56.6 Å². The number of aromatic nitrogens is 2. The number of methoxy groups -OCH3 is 1. The molecule has 1 aromatic heterocycles. The molecule has 1 amide bonds. The van der Waals surface area contributed by atoms with Crippen LogP contribution in [0.4, 0.5) is 0 Å². The first-order valence-electron chi connectivity index (χ1n) is 9.63. The first kappa shape index (κ1) is 20.5. The zero-order chi connectivity index (χ0) is 20.8. The summed E-state index contributed by atoms with van der Waals surface area (Å²) in [4.78, 5) is 18.0. The van der Waals surface area contributed by atoms with Crippen LogP contribution in [0.2, 0.25) is 0 Å². The van der Waals surface area contributed by atoms with E-state index in [-0.39, 0.29) is 5.91 Å². The number of hydrogen-bond donors (Lipinski definition) is 0. The average Bonchev–Trinajstić information content (AvgIpc) is 3.06. The molecule has 0 spiro atoms. The third-order valence-corrected chi connectivity index (χ3v) is 4.77. The highest BCUT2D eigenvalue weighted by Crippen LogP contribution is 2.28. The van der Waals surface area contributed by atoms with Crippen LogP contribution in [0.15, 0.2) is 48.5 Å². The Morgan fingerprint density at radius 2 is 2.00 bits per heavy atom. The van der Waals surface area contributed by atoms with E-state index in [2.05, 4.69) is 4.57 Å². The first-order chi connectivity index (χ1) is 14.0. The third-order valence-electron chi connectivity index (χ3n) is 4.77. The summed E-state index contributed by atoms with van der Waals surface area (Å²) in [6, 6.07) is 13.8. The number of rotatable bonds is 8. The zero-order valence-electron chi connectivity index (χ0n) is 17.4. The molecule has 0 saturated heterocycles. The molecule has 29 heavy (non-hydrogen) atoms. The van der Waals surface area contributed by atoms with E-state index < -0.39 is 0 Å². The third kappa shape index (κ3) is 4.77. The Labute approximate surface area is 171 Å². The Balaban J connectivity index is 1.79. The van der Waals surface area contributed by atoms with Crippen molar-refractivity contribution in [1.82, 2.24) is 14.5 Å². The van der Waals surface area contributed by atoms with E-state index in [1.165, 1.54) is 0 Å². The van der Waals surface area contributed by atoms with Crippen molar-refractivity contribution in [2.45, 2.75) is 26.9 Å². The molecule has 3 aromatic rings. The van der Waals surface area contributed by atoms with Gasteiger partial charge in [0.2, 0.25) is 5.91 Å². The van der Waals surface area contributed by atoms with Crippen LogP contribution in [-0.4, -0.2) is 41.1 Å². The molecular formula is C23H27N3O3. The van der Waals surface area contributed by atoms with E-state index in [0.29, 0.717) is 31.2 Å². The van der Waals surface area contributed by atoms with Crippen LogP contribution in [0, 0.1) is 0 Å². The Morgan fingerprint density at radius 3 is 2.72 bits per heavy atom. The second kappa shape index (κ2) is 9.28. The molecule has 152 valence electrons. The van der Waals surface area contributed by atoms with Gasteiger partial charge in [0.05, 0.1) is 31.2 Å². The standard InChI is InChI=1S/C23H27N3O3/c1-5-8-18-11-12-21(22(15-18)28-4)29-14-13-26-20-10-7-6-9-19(20)24-23(26)16-25(3)17(2)27/h5-12,15H,13-14,16H2,1-4H3. The first-order valence-corrected chi connectivity index (χ1v) is 9.63. The molecule has 2 aromatic carbocycles. The van der Waals surface area contributed by atoms with E-state index in [1.807, 2.05) is 61.5 Å². The molecule has 0 N–H and O–H groups in total. The van der Waals surface area contributed by atoms with Gasteiger partial charge in [0.25, 0.3) is 0 Å². The van der Waals surface area contributed by atoms with Crippen LogP contribution in [0.25, 0.3) is 17.1 Å². The van der Waals surface area contributed by atoms with E-state index in [4.69, 9.17) is 14.5 Å². The highest BCUT2D eigenvalue weighted by molar-refractivity contribution is 5.76. The summed E-state index contributed by atoms with van der Waals surface area (Å²) < 4.78 is 13.6. The minimum Gasteiger partial charge on any atom is -0.493 e. The molecular weight excluding hydrogens is 366 g/mol. The largest absolute Gasteiger partial charge is 0.493 e. The zero-order valence-corrected chi connectivity index (χ0v) is 17.4. The molecule has 0 fully saturated rings. The maximum absolute atomic E-state index is 11.7. The normalized spacial score (nSPS) is 11.2. The van der Waals surface area contributed by atoms with Crippen molar-refractivity contribution < 1.29 is 14.3 Å². The number of allylic oxidation sites excluding steroid dienone is 1. The maximum Gasteiger partial charge on any atom is 0.219 e. The van der Waals surface area contributed by atoms with Gasteiger partial charge in [-0.25, -0.2) is 4.98 Å². The monoisotopic (exact) mass is 393 g/mol. The fraction of sp³-hybridized carbons (Fsp3) is 0.304. The average molecular weight is 393 g/mol. The summed E-state index contributed by atoms with van der Waals surface area (Å²) in [5, 5.41) is 0. The lowest BCUT2D eigenvalue weighted by molar-refractivity contribution is -0.128. The lowest BCUT2D eigenvalue weighted by Gasteiger charge is -2.17. The summed E-state index contributed by atoms with van der Waals surface area (Å²) in [6.07, 6.45) is 4.00. The maximum atomic E-state index is 11.7. The van der Waals surface area contributed by atoms with Gasteiger partial charge < -0.3 is 18.9 Å². The number of hydrogen-bond acceptors (Lipinski definition) is 4. The van der Waals surface area contributed by atoms with Gasteiger partial charge >= 0.3 is 0 Å².